The van der Waals surface area contributed by atoms with Gasteiger partial charge in [0.05, 0.1) is 14.8 Å². The molecule has 0 saturated carbocycles. The highest BCUT2D eigenvalue weighted by atomic mass is 79.9. The van der Waals surface area contributed by atoms with Crippen LogP contribution in [-0.4, -0.2) is 41.3 Å². The van der Waals surface area contributed by atoms with Crippen molar-refractivity contribution in [3.63, 3.8) is 0 Å². The highest BCUT2D eigenvalue weighted by Crippen LogP contribution is 2.32. The number of nitrogens with one attached hydrogen (secondary N) is 3. The topological polar surface area (TPSA) is 117 Å². The maximum absolute atomic E-state index is 12.8. The van der Waals surface area contributed by atoms with E-state index in [1.165, 1.54) is 0 Å². The lowest BCUT2D eigenvalue weighted by Crippen LogP contribution is -2.28. The van der Waals surface area contributed by atoms with Crippen molar-refractivity contribution in [2.24, 2.45) is 0 Å². The number of carbonyl (C=O) groups is 1. The second-order valence-corrected chi connectivity index (χ2v) is 10.7. The van der Waals surface area contributed by atoms with Gasteiger partial charge in [-0.1, -0.05) is 30.0 Å². The fraction of sp³-hybridized carbons (Fsp3) is 0.222. The predicted molar refractivity (Wildman–Crippen MR) is 122 cm³/mol. The van der Waals surface area contributed by atoms with Crippen LogP contribution in [0.4, 0.5) is 13.2 Å². The highest BCUT2D eigenvalue weighted by molar-refractivity contribution is 9.13. The minimum absolute atomic E-state index is 0.0564. The first-order chi connectivity index (χ1) is 15.5. The van der Waals surface area contributed by atoms with Crippen molar-refractivity contribution in [1.29, 1.82) is 0 Å². The number of hydrogen-bond donors (Lipinski definition) is 3. The van der Waals surface area contributed by atoms with E-state index in [1.807, 2.05) is 0 Å². The molecule has 2 aromatic heterocycles. The van der Waals surface area contributed by atoms with Gasteiger partial charge < -0.3 is 19.5 Å². The smallest absolute Gasteiger partial charge is 0.353 e. The summed E-state index contributed by atoms with van der Waals surface area (Å²) in [6.07, 6.45) is 0.346. The summed E-state index contributed by atoms with van der Waals surface area (Å²) in [5.41, 5.74) is -5.24. The van der Waals surface area contributed by atoms with Crippen molar-refractivity contribution in [1.82, 2.24) is 20.3 Å². The van der Waals surface area contributed by atoms with Gasteiger partial charge in [0.2, 0.25) is 0 Å². The largest absolute Gasteiger partial charge is 0.534 e. The number of carbonyl (C=O) groups excluding carboxylic acids is 1. The van der Waals surface area contributed by atoms with Crippen LogP contribution in [0, 0.1) is 0 Å². The number of rotatable bonds is 9. The zero-order chi connectivity index (χ0) is 24.2. The first kappa shape index (κ1) is 25.6. The van der Waals surface area contributed by atoms with Crippen LogP contribution >= 0.6 is 43.6 Å². The number of benzene rings is 1. The molecule has 1 aromatic carbocycles. The van der Waals surface area contributed by atoms with Crippen molar-refractivity contribution in [2.45, 2.75) is 28.4 Å². The first-order valence-electron chi connectivity index (χ1n) is 9.11. The van der Waals surface area contributed by atoms with Gasteiger partial charge in [0.25, 0.3) is 11.8 Å². The van der Waals surface area contributed by atoms with E-state index in [0.29, 0.717) is 14.8 Å². The number of hydrogen-bond acceptors (Lipinski definition) is 6. The Bertz CT molecular complexity index is 1210. The molecule has 0 aliphatic rings. The quantitative estimate of drug-likeness (QED) is 0.174. The van der Waals surface area contributed by atoms with E-state index in [-0.39, 0.29) is 36.1 Å². The molecule has 0 aliphatic heterocycles. The fourth-order valence-corrected chi connectivity index (χ4v) is 4.41. The number of alkyl halides is 3. The number of halogens is 5. The van der Waals surface area contributed by atoms with E-state index in [9.17, 15) is 26.4 Å². The van der Waals surface area contributed by atoms with Crippen LogP contribution in [0.3, 0.4) is 0 Å². The molecular formula is C18H15Br2F3N4O4S2. The average molecular weight is 632 g/mol. The van der Waals surface area contributed by atoms with E-state index < -0.39 is 21.5 Å². The van der Waals surface area contributed by atoms with Gasteiger partial charge in [-0.3, -0.25) is 4.79 Å². The number of nitrogens with zero attached hydrogens (tertiary/aromatic N) is 1. The summed E-state index contributed by atoms with van der Waals surface area (Å²) in [6.45, 7) is 0.165. The van der Waals surface area contributed by atoms with Gasteiger partial charge in [-0.15, -0.1) is 0 Å². The van der Waals surface area contributed by atoms with Crippen LogP contribution in [0.2, 0.25) is 0 Å². The average Bonchev–Trinajstić information content (AvgIpc) is 3.27. The summed E-state index contributed by atoms with van der Waals surface area (Å²) in [7, 11) is -5.89. The molecule has 0 radical (unpaired) electrons. The van der Waals surface area contributed by atoms with Gasteiger partial charge >= 0.3 is 15.6 Å². The van der Waals surface area contributed by atoms with Crippen LogP contribution in [-0.2, 0) is 16.5 Å². The Morgan fingerprint density at radius 1 is 1.18 bits per heavy atom. The van der Waals surface area contributed by atoms with Gasteiger partial charge in [0.15, 0.2) is 5.16 Å². The molecule has 3 aromatic rings. The van der Waals surface area contributed by atoms with Gasteiger partial charge in [0, 0.05) is 11.4 Å². The summed E-state index contributed by atoms with van der Waals surface area (Å²) >= 11 is 7.58. The summed E-state index contributed by atoms with van der Waals surface area (Å²) in [4.78, 5) is 22.4. The first-order valence-corrected chi connectivity index (χ1v) is 12.9. The van der Waals surface area contributed by atoms with E-state index >= 15 is 0 Å². The minimum atomic E-state index is -5.89. The van der Waals surface area contributed by atoms with Gasteiger partial charge in [0.1, 0.15) is 5.69 Å². The second kappa shape index (κ2) is 10.5. The fourth-order valence-electron chi connectivity index (χ4n) is 2.50. The molecule has 15 heteroatoms. The number of H-pyrrole nitrogens is 2. The minimum Gasteiger partial charge on any atom is -0.353 e. The Kier molecular flexibility index (Phi) is 8.18. The molecule has 8 nitrogen and oxygen atoms in total. The Hall–Kier alpha value is -1.97. The van der Waals surface area contributed by atoms with Crippen LogP contribution in [0.15, 0.2) is 55.5 Å². The Morgan fingerprint density at radius 3 is 2.48 bits per heavy atom. The molecule has 0 bridgehead atoms. The van der Waals surface area contributed by atoms with Crippen molar-refractivity contribution in [2.75, 3.05) is 6.54 Å². The van der Waals surface area contributed by atoms with Gasteiger partial charge in [-0.2, -0.15) is 26.6 Å². The Labute approximate surface area is 207 Å². The summed E-state index contributed by atoms with van der Waals surface area (Å²) in [5.74, 6) is -1.07. The zero-order valence-corrected chi connectivity index (χ0v) is 21.2. The lowest BCUT2D eigenvalue weighted by atomic mass is 10.2. The number of aryl methyl sites for hydroxylation is 1. The third-order valence-electron chi connectivity index (χ3n) is 4.01. The molecule has 1 amide bonds. The molecule has 0 atom stereocenters. The molecule has 178 valence electrons. The van der Waals surface area contributed by atoms with Gasteiger partial charge in [-0.25, -0.2) is 0 Å². The zero-order valence-electron chi connectivity index (χ0n) is 16.4. The number of amides is 1. The summed E-state index contributed by atoms with van der Waals surface area (Å²) in [6, 6.07) is 10.4. The third kappa shape index (κ3) is 6.77. The maximum Gasteiger partial charge on any atom is 0.534 e. The SMILES string of the molecule is O=C(NCCCc1[nH]c(Sc2ccccc2)nc1OS(=O)(=O)C(F)(F)F)c1cc(Br)c(Br)[nH]1. The molecule has 0 unspecified atom stereocenters. The Balaban J connectivity index is 1.69. The number of imidazole rings is 1. The van der Waals surface area contributed by atoms with Crippen molar-refractivity contribution < 1.29 is 30.6 Å². The van der Waals surface area contributed by atoms with E-state index in [4.69, 9.17) is 0 Å². The van der Waals surface area contributed by atoms with Crippen molar-refractivity contribution in [3.05, 3.63) is 56.9 Å². The lowest BCUT2D eigenvalue weighted by Gasteiger charge is -2.09. The molecule has 33 heavy (non-hydrogen) atoms. The van der Waals surface area contributed by atoms with E-state index in [2.05, 4.69) is 56.3 Å². The second-order valence-electron chi connectivity index (χ2n) is 6.43. The van der Waals surface area contributed by atoms with Crippen LogP contribution < -0.4 is 9.50 Å². The molecule has 0 fully saturated rings. The molecule has 0 saturated heterocycles. The molecule has 0 aliphatic carbocycles. The van der Waals surface area contributed by atoms with E-state index in [1.54, 1.807) is 36.4 Å². The Morgan fingerprint density at radius 2 is 1.88 bits per heavy atom. The van der Waals surface area contributed by atoms with Crippen LogP contribution in [0.25, 0.3) is 0 Å². The van der Waals surface area contributed by atoms with Crippen LogP contribution in [0.5, 0.6) is 5.88 Å². The van der Waals surface area contributed by atoms with E-state index in [0.717, 1.165) is 16.7 Å². The number of aromatic nitrogens is 3. The maximum atomic E-state index is 12.8. The van der Waals surface area contributed by atoms with Crippen LogP contribution in [0.1, 0.15) is 22.6 Å². The monoisotopic (exact) mass is 630 g/mol. The predicted octanol–water partition coefficient (Wildman–Crippen LogP) is 5.01. The molecule has 3 rings (SSSR count). The highest BCUT2D eigenvalue weighted by Gasteiger charge is 2.49. The number of aromatic amines is 2. The summed E-state index contributed by atoms with van der Waals surface area (Å²) in [5, 5.41) is 2.82. The van der Waals surface area contributed by atoms with Crippen molar-refractivity contribution >= 4 is 59.6 Å². The lowest BCUT2D eigenvalue weighted by molar-refractivity contribution is -0.0501. The normalized spacial score (nSPS) is 12.0. The molecule has 2 heterocycles. The molecular weight excluding hydrogens is 617 g/mol. The standard InChI is InChI=1S/C18H15Br2F3N4O4S2/c19-11-9-13(25-14(11)20)15(28)24-8-4-7-12-16(31-33(29,30)18(21,22)23)27-17(26-12)32-10-5-2-1-3-6-10/h1-3,5-6,9,25H,4,7-8H2,(H,24,28)(H,26,27). The molecule has 0 spiro atoms. The molecule has 3 N–H and O–H groups in total. The third-order valence-corrected chi connectivity index (χ3v) is 7.63. The van der Waals surface area contributed by atoms with Crippen molar-refractivity contribution in [3.8, 4) is 5.88 Å². The van der Waals surface area contributed by atoms with Gasteiger partial charge in [-0.05, 0) is 62.9 Å². The summed E-state index contributed by atoms with van der Waals surface area (Å²) < 4.78 is 66.8.